The second kappa shape index (κ2) is 17.1. The minimum Gasteiger partial charge on any atom is -0.423 e. The lowest BCUT2D eigenvalue weighted by atomic mass is 10.0. The molecule has 8 nitrogen and oxygen atoms in total. The monoisotopic (exact) mass is 670 g/mol. The molecule has 0 aliphatic carbocycles. The highest BCUT2D eigenvalue weighted by Crippen LogP contribution is 2.30. The van der Waals surface area contributed by atoms with Gasteiger partial charge in [0.2, 0.25) is 0 Å². The van der Waals surface area contributed by atoms with Gasteiger partial charge in [-0.2, -0.15) is 0 Å². The van der Waals surface area contributed by atoms with Gasteiger partial charge in [-0.15, -0.1) is 0 Å². The molecule has 0 unspecified atom stereocenters. The fraction of sp³-hybridized carbons (Fsp3) is 0.128. The van der Waals surface area contributed by atoms with E-state index in [0.717, 1.165) is 22.9 Å². The van der Waals surface area contributed by atoms with Crippen LogP contribution in [0.3, 0.4) is 0 Å². The maximum Gasteiger partial charge on any atom is 0.338 e. The smallest absolute Gasteiger partial charge is 0.338 e. The molecule has 0 N–H and O–H groups in total. The highest BCUT2D eigenvalue weighted by atomic mass is 19.1. The van der Waals surface area contributed by atoms with E-state index in [0.29, 0.717) is 22.6 Å². The van der Waals surface area contributed by atoms with Crippen LogP contribution in [0.1, 0.15) is 35.1 Å². The van der Waals surface area contributed by atoms with Crippen molar-refractivity contribution >= 4 is 34.6 Å². The first-order chi connectivity index (χ1) is 22.5. The lowest BCUT2D eigenvalue weighted by Gasteiger charge is -2.09. The Morgan fingerprint density at radius 3 is 1.27 bits per heavy atom. The third kappa shape index (κ3) is 11.0. The quantitative estimate of drug-likeness (QED) is 0.0987. The van der Waals surface area contributed by atoms with Crippen LogP contribution in [-0.4, -0.2) is 23.9 Å². The number of hydrogen-bond acceptors (Lipinski definition) is 8. The minimum absolute atomic E-state index is 0. The topological polar surface area (TPSA) is 105 Å². The van der Waals surface area contributed by atoms with E-state index in [1.807, 2.05) is 0 Å². The van der Waals surface area contributed by atoms with Gasteiger partial charge in [-0.05, 0) is 92.6 Å². The van der Waals surface area contributed by atoms with Crippen LogP contribution < -0.4 is 18.9 Å². The molecule has 0 aromatic heterocycles. The van der Waals surface area contributed by atoms with E-state index < -0.39 is 35.5 Å². The Morgan fingerprint density at radius 1 is 0.490 bits per heavy atom. The molecule has 0 amide bonds. The minimum atomic E-state index is -0.825. The largest absolute Gasteiger partial charge is 0.423 e. The molecule has 0 spiro atoms. The van der Waals surface area contributed by atoms with Gasteiger partial charge in [-0.3, -0.25) is 0 Å². The van der Waals surface area contributed by atoms with Crippen LogP contribution in [0.5, 0.6) is 23.0 Å². The molecule has 0 atom stereocenters. The lowest BCUT2D eigenvalue weighted by molar-refractivity contribution is -0.131. The standard InChI is InChI=1S/C20H16F2O4.C18H16O4.CH4/c1-11(2)19(23)25-14-6-7-15(16(21)10-14)13-5-8-18(17(22)9-13)26-20(24)12(3)4;1-11(2)17(19)21-15-7-5-14-10-16(8-6-13(14)9-15)22-18(20)12(3)4;/h5-10H,1,3H2,2,4H3;5-10H,1,3H2,2,4H3;1H4. The lowest BCUT2D eigenvalue weighted by Crippen LogP contribution is -2.09. The van der Waals surface area contributed by atoms with Crippen molar-refractivity contribution in [2.24, 2.45) is 0 Å². The van der Waals surface area contributed by atoms with E-state index in [4.69, 9.17) is 18.9 Å². The van der Waals surface area contributed by atoms with Gasteiger partial charge in [0.1, 0.15) is 23.1 Å². The predicted octanol–water partition coefficient (Wildman–Crippen LogP) is 9.03. The van der Waals surface area contributed by atoms with Crippen LogP contribution in [0.4, 0.5) is 8.78 Å². The molecule has 0 heterocycles. The fourth-order valence-corrected chi connectivity index (χ4v) is 3.64. The third-order valence-electron chi connectivity index (χ3n) is 6.19. The van der Waals surface area contributed by atoms with Crippen LogP contribution in [0.15, 0.2) is 121 Å². The van der Waals surface area contributed by atoms with Crippen LogP contribution in [0, 0.1) is 11.6 Å². The fourth-order valence-electron chi connectivity index (χ4n) is 3.64. The van der Waals surface area contributed by atoms with Gasteiger partial charge >= 0.3 is 23.9 Å². The van der Waals surface area contributed by atoms with Crippen molar-refractivity contribution in [2.45, 2.75) is 35.1 Å². The predicted molar refractivity (Wildman–Crippen MR) is 184 cm³/mol. The molecule has 0 saturated carbocycles. The molecule has 4 aromatic carbocycles. The van der Waals surface area contributed by atoms with E-state index in [1.165, 1.54) is 38.1 Å². The summed E-state index contributed by atoms with van der Waals surface area (Å²) in [6.45, 7) is 20.0. The molecule has 49 heavy (non-hydrogen) atoms. The molecule has 0 aliphatic heterocycles. The number of hydrogen-bond donors (Lipinski definition) is 0. The summed E-state index contributed by atoms with van der Waals surface area (Å²) in [5, 5.41) is 1.73. The first-order valence-electron chi connectivity index (χ1n) is 14.2. The highest BCUT2D eigenvalue weighted by molar-refractivity contribution is 5.92. The van der Waals surface area contributed by atoms with Crippen molar-refractivity contribution in [2.75, 3.05) is 0 Å². The number of carbonyl (C=O) groups is 4. The summed E-state index contributed by atoms with van der Waals surface area (Å²) in [7, 11) is 0. The highest BCUT2D eigenvalue weighted by Gasteiger charge is 2.15. The number of benzene rings is 4. The van der Waals surface area contributed by atoms with Gasteiger partial charge < -0.3 is 18.9 Å². The van der Waals surface area contributed by atoms with Crippen molar-refractivity contribution in [3.8, 4) is 34.1 Å². The van der Waals surface area contributed by atoms with Crippen molar-refractivity contribution < 1.29 is 46.9 Å². The Morgan fingerprint density at radius 2 is 0.878 bits per heavy atom. The Labute approximate surface area is 283 Å². The molecular formula is C39H36F2O8. The molecule has 4 aromatic rings. The maximum atomic E-state index is 14.3. The number of rotatable bonds is 9. The second-order valence-electron chi connectivity index (χ2n) is 10.6. The summed E-state index contributed by atoms with van der Waals surface area (Å²) < 4.78 is 48.6. The first kappa shape index (κ1) is 39.0. The van der Waals surface area contributed by atoms with Gasteiger partial charge in [0, 0.05) is 33.9 Å². The summed E-state index contributed by atoms with van der Waals surface area (Å²) in [4.78, 5) is 45.9. The zero-order valence-electron chi connectivity index (χ0n) is 26.8. The molecular weight excluding hydrogens is 634 g/mol. The van der Waals surface area contributed by atoms with Crippen LogP contribution in [0.2, 0.25) is 0 Å². The third-order valence-corrected chi connectivity index (χ3v) is 6.19. The Bertz CT molecular complexity index is 1920. The number of halogens is 2. The van der Waals surface area contributed by atoms with Crippen molar-refractivity contribution in [1.29, 1.82) is 0 Å². The van der Waals surface area contributed by atoms with Crippen molar-refractivity contribution in [1.82, 2.24) is 0 Å². The molecule has 0 fully saturated rings. The van der Waals surface area contributed by atoms with E-state index in [-0.39, 0.29) is 41.2 Å². The second-order valence-corrected chi connectivity index (χ2v) is 10.6. The number of ether oxygens (including phenoxy) is 4. The molecule has 254 valence electrons. The Hall–Kier alpha value is -6.16. The normalized spacial score (nSPS) is 9.92. The van der Waals surface area contributed by atoms with Crippen LogP contribution in [0.25, 0.3) is 21.9 Å². The molecule has 0 bridgehead atoms. The summed E-state index contributed by atoms with van der Waals surface area (Å²) in [6, 6.07) is 17.8. The molecule has 0 radical (unpaired) electrons. The van der Waals surface area contributed by atoms with E-state index in [2.05, 4.69) is 26.3 Å². The van der Waals surface area contributed by atoms with E-state index in [9.17, 15) is 28.0 Å². The molecule has 0 saturated heterocycles. The first-order valence-corrected chi connectivity index (χ1v) is 14.2. The van der Waals surface area contributed by atoms with Crippen molar-refractivity contribution in [3.63, 3.8) is 0 Å². The Kier molecular flexibility index (Phi) is 13.6. The zero-order chi connectivity index (χ0) is 35.7. The number of fused-ring (bicyclic) bond motifs is 1. The van der Waals surface area contributed by atoms with Crippen LogP contribution >= 0.6 is 0 Å². The summed E-state index contributed by atoms with van der Waals surface area (Å²) in [6.07, 6.45) is 0. The van der Waals surface area contributed by atoms with Gasteiger partial charge in [-0.1, -0.05) is 51.9 Å². The van der Waals surface area contributed by atoms with Gasteiger partial charge in [0.05, 0.1) is 0 Å². The maximum absolute atomic E-state index is 14.3. The SMILES string of the molecule is C.C=C(C)C(=O)Oc1ccc(-c2ccc(OC(=O)C(=C)C)c(F)c2)c(F)c1.C=C(C)C(=O)Oc1ccc2cc(OC(=O)C(=C)C)ccc2c1. The zero-order valence-corrected chi connectivity index (χ0v) is 26.8. The molecule has 0 aliphatic rings. The van der Waals surface area contributed by atoms with Gasteiger partial charge in [0.25, 0.3) is 0 Å². The van der Waals surface area contributed by atoms with Gasteiger partial charge in [-0.25, -0.2) is 28.0 Å². The average Bonchev–Trinajstić information content (AvgIpc) is 3.02. The van der Waals surface area contributed by atoms with Crippen LogP contribution in [-0.2, 0) is 19.2 Å². The number of carbonyl (C=O) groups excluding carboxylic acids is 4. The summed E-state index contributed by atoms with van der Waals surface area (Å²) >= 11 is 0. The van der Waals surface area contributed by atoms with Gasteiger partial charge in [0.15, 0.2) is 11.6 Å². The Balaban J connectivity index is 0.000000338. The molecule has 4 rings (SSSR count). The molecule has 10 heteroatoms. The summed E-state index contributed by atoms with van der Waals surface area (Å²) in [5.74, 6) is -3.30. The van der Waals surface area contributed by atoms with E-state index >= 15 is 0 Å². The average molecular weight is 671 g/mol. The van der Waals surface area contributed by atoms with E-state index in [1.54, 1.807) is 50.2 Å². The number of esters is 4. The van der Waals surface area contributed by atoms with Crippen molar-refractivity contribution in [3.05, 3.63) is 133 Å². The summed E-state index contributed by atoms with van der Waals surface area (Å²) in [5.41, 5.74) is 1.30.